The molecule has 0 saturated carbocycles. The van der Waals surface area contributed by atoms with Crippen LogP contribution in [0.5, 0.6) is 0 Å². The molecule has 1 unspecified atom stereocenters. The Morgan fingerprint density at radius 1 is 0.292 bits per heavy atom. The summed E-state index contributed by atoms with van der Waals surface area (Å²) in [5, 5.41) is 424. The molecule has 832 valence electrons. The van der Waals surface area contributed by atoms with Gasteiger partial charge in [-0.1, -0.05) is 0 Å². The van der Waals surface area contributed by atoms with E-state index in [0.29, 0.717) is 0 Å². The van der Waals surface area contributed by atoms with Crippen molar-refractivity contribution in [2.75, 3.05) is 66.1 Å². The Kier molecular flexibility index (Phi) is 41.9. The van der Waals surface area contributed by atoms with Crippen LogP contribution in [-0.2, 0) is 124 Å². The third kappa shape index (κ3) is 25.4. The molecule has 10 aliphatic heterocycles. The third-order valence-corrected chi connectivity index (χ3v) is 25.9. The van der Waals surface area contributed by atoms with E-state index < -0.39 is 463 Å². The first kappa shape index (κ1) is 120. The molecule has 10 saturated heterocycles. The summed E-state index contributed by atoms with van der Waals surface area (Å²) in [6.07, 6.45) is -128. The lowest BCUT2D eigenvalue weighted by Crippen LogP contribution is -2.73. The molecule has 40 N–H and O–H groups in total. The molecule has 0 aromatic heterocycles. The maximum Gasteiger partial charge on any atom is 0.364 e. The van der Waals surface area contributed by atoms with Gasteiger partial charge in [-0.2, -0.15) is 0 Å². The van der Waals surface area contributed by atoms with Crippen molar-refractivity contribution in [3.8, 4) is 0 Å². The smallest absolute Gasteiger partial charge is 0.364 e. The summed E-state index contributed by atoms with van der Waals surface area (Å²) in [7, 11) is 0. The zero-order valence-corrected chi connectivity index (χ0v) is 75.9. The number of carboxylic acids is 4. The van der Waals surface area contributed by atoms with Gasteiger partial charge in [-0.15, -0.1) is 0 Å². The van der Waals surface area contributed by atoms with Gasteiger partial charge in [0, 0.05) is 46.5 Å². The average molecular weight is 2110 g/mol. The highest BCUT2D eigenvalue weighted by Crippen LogP contribution is 2.48. The van der Waals surface area contributed by atoms with E-state index in [9.17, 15) is 223 Å². The second-order valence-electron chi connectivity index (χ2n) is 35.9. The second-order valence-corrected chi connectivity index (χ2v) is 35.9. The van der Waals surface area contributed by atoms with Crippen molar-refractivity contribution in [2.45, 2.75) is 376 Å². The Hall–Kier alpha value is -5.79. The molecule has 10 rings (SSSR count). The maximum atomic E-state index is 14.3. The fraction of sp³-hybridized carbons (Fsp3) is 0.910. The van der Waals surface area contributed by atoms with Crippen molar-refractivity contribution in [3.63, 3.8) is 0 Å². The maximum absolute atomic E-state index is 14.3. The van der Waals surface area contributed by atoms with Gasteiger partial charge >= 0.3 is 23.9 Å². The van der Waals surface area contributed by atoms with Gasteiger partial charge in [0.05, 0.1) is 103 Å². The lowest BCUT2D eigenvalue weighted by atomic mass is 9.88. The number of rotatable bonds is 43. The average Bonchev–Trinajstić information content (AvgIpc) is 0.744. The summed E-state index contributed by atoms with van der Waals surface area (Å²) in [5.41, 5.74) is 0. The zero-order chi connectivity index (χ0) is 107. The molecule has 10 heterocycles. The van der Waals surface area contributed by atoms with Crippen LogP contribution in [0, 0.1) is 0 Å². The number of carbonyl (C=O) groups is 7. The van der Waals surface area contributed by atoms with Crippen molar-refractivity contribution in [1.29, 1.82) is 0 Å². The number of amides is 3. The molecular weight excluding hydrogens is 1990 g/mol. The molecule has 0 aromatic rings. The number of nitrogens with one attached hydrogen (secondary N) is 3. The van der Waals surface area contributed by atoms with Crippen molar-refractivity contribution >= 4 is 41.6 Å². The Bertz CT molecular complexity index is 4150. The molecule has 0 bridgehead atoms. The number of hydrogen-bond acceptors (Lipinski definition) is 59. The highest BCUT2D eigenvalue weighted by atomic mass is 16.8. The van der Waals surface area contributed by atoms with Gasteiger partial charge in [0.1, 0.15) is 232 Å². The van der Waals surface area contributed by atoms with E-state index in [0.717, 1.165) is 20.8 Å². The van der Waals surface area contributed by atoms with Crippen molar-refractivity contribution in [1.82, 2.24) is 16.0 Å². The predicted octanol–water partition coefficient (Wildman–Crippen LogP) is -25.5. The fourth-order valence-corrected chi connectivity index (χ4v) is 18.4. The first-order valence-electron chi connectivity index (χ1n) is 44.7. The summed E-state index contributed by atoms with van der Waals surface area (Å²) in [4.78, 5) is 93.1. The number of ether oxygens (including phenoxy) is 19. The van der Waals surface area contributed by atoms with Gasteiger partial charge in [-0.05, 0) is 0 Å². The van der Waals surface area contributed by atoms with E-state index >= 15 is 0 Å². The molecule has 66 heteroatoms. The van der Waals surface area contributed by atoms with Gasteiger partial charge in [-0.3, -0.25) is 14.4 Å². The number of carbonyl (C=O) groups excluding carboxylic acids is 3. The summed E-state index contributed by atoms with van der Waals surface area (Å²) in [6.45, 7) is -12.1. The van der Waals surface area contributed by atoms with E-state index in [1.54, 1.807) is 0 Å². The molecule has 3 amide bonds. The van der Waals surface area contributed by atoms with Crippen molar-refractivity contribution in [2.24, 2.45) is 0 Å². The van der Waals surface area contributed by atoms with E-state index in [2.05, 4.69) is 16.0 Å². The van der Waals surface area contributed by atoms with Crippen LogP contribution in [0.1, 0.15) is 46.5 Å². The van der Waals surface area contributed by atoms with Crippen LogP contribution in [0.15, 0.2) is 0 Å². The van der Waals surface area contributed by atoms with Gasteiger partial charge in [0.25, 0.3) is 23.1 Å². The molecule has 0 radical (unpaired) electrons. The van der Waals surface area contributed by atoms with Crippen LogP contribution in [-0.4, -0.2) is 626 Å². The number of carboxylic acid groups (broad SMARTS) is 4. The quantitative estimate of drug-likeness (QED) is 0.0270. The van der Waals surface area contributed by atoms with Crippen LogP contribution in [0.3, 0.4) is 0 Å². The topological polar surface area (TPSA) is 1080 Å². The molecular formula is C78H127N3O63. The van der Waals surface area contributed by atoms with Crippen LogP contribution in [0.25, 0.3) is 0 Å². The molecule has 144 heavy (non-hydrogen) atoms. The van der Waals surface area contributed by atoms with E-state index in [-0.39, 0.29) is 0 Å². The van der Waals surface area contributed by atoms with Crippen LogP contribution in [0.2, 0.25) is 0 Å². The van der Waals surface area contributed by atoms with Gasteiger partial charge < -0.3 is 295 Å². The molecule has 10 fully saturated rings. The number of aliphatic hydroxyl groups is 33. The lowest BCUT2D eigenvalue weighted by molar-refractivity contribution is -0.420. The predicted molar refractivity (Wildman–Crippen MR) is 433 cm³/mol. The SMILES string of the molecule is CC(=O)N[C@H]1[C@H](O[C@@H]2[C@H](O[C@]3(C(=O)O)C[C@H](O)[C@@H](NC(C)=O)[C@H]([C@H](O)[C@H](O)CO)O3)[C@@H](O)[C@H](O[C@@H]3[C@H](O)[C@@H](O[C@@H]4[C@H](O)[C@@H](O[C@H]5[C@@H]([C@H](O)CO)O[C@@](O)(C(=O)O)C[C@H]5O[C@]5(C(=O)O)C[C@@H](O)[C@@H](O)[C@@H]([C@H](O)CO)O5)O[C@H]([C@@H](O)CO)[C@H]4O[C@@H]4O[C@H](CO)[C@@H](O)[C@H](O)[C@H]4O)O[C@H](C(O)CO)[C@H]3O)O[C@@H]2CO)O[C@H](CO)[C@H](O)[C@@H]1O[C@@H]1O[C@H](CO)[C@H](O)[C@H](O[C@]2(C(=O)O)C[C@H](O)[C@@H](NC(C)=O)[C@H]([C@H](O)[C@H](O)CO)O2)[C@H]1O. The van der Waals surface area contributed by atoms with E-state index in [1.165, 1.54) is 0 Å². The largest absolute Gasteiger partial charge is 0.477 e. The monoisotopic (exact) mass is 2110 g/mol. The highest BCUT2D eigenvalue weighted by Gasteiger charge is 2.69. The molecule has 10 aliphatic rings. The standard InChI is InChI=1S/C78H127N3O63/c1-18(92)79-35-21(95)4-77(73(121)122,141-58(35)39(105)24(98)8-82)143-61-43(109)33(16-90)128-67(48(61)114)134-57-37(81-20(3)94)65(126-32(15-89)42(57)108)132-56-34(17-91)129-68(50(116)63(56)144-78(74(123)124)5-22(96)36(80-19(2)93)59(142-78)40(106)25(99)9-83)135-60-46(112)51(26(100)10-84)130-69(47(60)113)136-62-49(115)70(131-53(28(102)12-86)64(62)137-66-45(111)44(110)41(107)31(14-88)127-66)133-55-30(7-75(125,71(117)118)139-54(55)29(103)13-87)138-76(72(119)120)6-23(97)38(104)52(140-76)27(101)11-85/h21-70,82-91,95-116,125H,4-17H2,1-3H3,(H,79,92)(H,80,93)(H,81,94)(H,117,118)(H,119,120)(H,121,122)(H,123,124)/t21-,22-,23+,24+,25+,26?,27+,28-,29+,30+,31+,32+,33+,34+,35+,36+,37+,38+,39+,40+,41+,42-,43-,44-,45+,46+,47-,48+,49-,50+,51+,52+,53+,54+,55+,56-,57+,58+,59+,60-,61-,62+,63+,64+,65-,66-,67-,68-,69+,70+,75+,76+,77-,78-/m0/s1. The van der Waals surface area contributed by atoms with Crippen LogP contribution in [0.4, 0.5) is 0 Å². The normalized spacial score (nSPS) is 45.7. The number of aliphatic carboxylic acids is 4. The Morgan fingerprint density at radius 3 is 1.10 bits per heavy atom. The Balaban J connectivity index is 1.08. The second kappa shape index (κ2) is 50.2. The van der Waals surface area contributed by atoms with E-state index in [4.69, 9.17) is 90.0 Å². The minimum Gasteiger partial charge on any atom is -0.477 e. The molecule has 0 aromatic carbocycles. The lowest BCUT2D eigenvalue weighted by Gasteiger charge is -2.53. The van der Waals surface area contributed by atoms with Crippen molar-refractivity contribution < 1.29 is 313 Å². The molecule has 66 nitrogen and oxygen atoms in total. The number of aliphatic hydroxyl groups excluding tert-OH is 32. The summed E-state index contributed by atoms with van der Waals surface area (Å²) >= 11 is 0. The zero-order valence-electron chi connectivity index (χ0n) is 75.9. The Morgan fingerprint density at radius 2 is 0.639 bits per heavy atom. The van der Waals surface area contributed by atoms with E-state index in [1.807, 2.05) is 0 Å². The van der Waals surface area contributed by atoms with Crippen molar-refractivity contribution in [3.05, 3.63) is 0 Å². The minimum absolute atomic E-state index is 0.742. The van der Waals surface area contributed by atoms with Gasteiger partial charge in [0.2, 0.25) is 17.7 Å². The summed E-state index contributed by atoms with van der Waals surface area (Å²) in [6, 6.07) is -6.30. The van der Waals surface area contributed by atoms with Gasteiger partial charge in [-0.25, -0.2) is 19.2 Å². The van der Waals surface area contributed by atoms with Gasteiger partial charge in [0.15, 0.2) is 37.7 Å². The third-order valence-electron chi connectivity index (χ3n) is 25.9. The summed E-state index contributed by atoms with van der Waals surface area (Å²) in [5.74, 6) is -27.3. The molecule has 0 spiro atoms. The Labute approximate surface area is 809 Å². The fourth-order valence-electron chi connectivity index (χ4n) is 18.4. The molecule has 0 aliphatic carbocycles. The van der Waals surface area contributed by atoms with Crippen LogP contribution < -0.4 is 16.0 Å². The number of hydrogen-bond donors (Lipinski definition) is 40. The highest BCUT2D eigenvalue weighted by molar-refractivity contribution is 5.79. The first-order chi connectivity index (χ1) is 67.6. The summed E-state index contributed by atoms with van der Waals surface area (Å²) < 4.78 is 112. The molecule has 54 atom stereocenters. The minimum atomic E-state index is -3.80. The van der Waals surface area contributed by atoms with Crippen LogP contribution >= 0.6 is 0 Å². The first-order valence-corrected chi connectivity index (χ1v) is 44.7.